The van der Waals surface area contributed by atoms with Crippen LogP contribution in [0.25, 0.3) is 0 Å². The van der Waals surface area contributed by atoms with Crippen molar-refractivity contribution in [2.75, 3.05) is 0 Å². The van der Waals surface area contributed by atoms with Gasteiger partial charge in [-0.15, -0.1) is 0 Å². The van der Waals surface area contributed by atoms with E-state index in [9.17, 15) is 14.0 Å². The van der Waals surface area contributed by atoms with Gasteiger partial charge in [-0.05, 0) is 61.1 Å². The van der Waals surface area contributed by atoms with E-state index < -0.39 is 11.8 Å². The van der Waals surface area contributed by atoms with Crippen LogP contribution in [0.3, 0.4) is 0 Å². The van der Waals surface area contributed by atoms with Gasteiger partial charge in [-0.1, -0.05) is 13.3 Å². The van der Waals surface area contributed by atoms with Crippen molar-refractivity contribution in [3.05, 3.63) is 53.6 Å². The summed E-state index contributed by atoms with van der Waals surface area (Å²) in [5.41, 5.74) is 6.42. The Morgan fingerprint density at radius 3 is 2.64 bits per heavy atom. The Hall–Kier alpha value is -2.96. The van der Waals surface area contributed by atoms with Gasteiger partial charge < -0.3 is 15.8 Å². The van der Waals surface area contributed by atoms with Gasteiger partial charge in [0.05, 0.1) is 0 Å². The second-order valence-corrected chi connectivity index (χ2v) is 7.08. The molecule has 1 aromatic heterocycles. The molecule has 0 bridgehead atoms. The molecule has 7 heteroatoms. The van der Waals surface area contributed by atoms with Crippen LogP contribution in [-0.2, 0) is 4.79 Å². The Balaban J connectivity index is 1.84. The van der Waals surface area contributed by atoms with E-state index in [1.54, 1.807) is 6.20 Å². The molecule has 1 aliphatic carbocycles. The van der Waals surface area contributed by atoms with Gasteiger partial charge in [0.1, 0.15) is 11.6 Å². The molecule has 3 rings (SSSR count). The number of amides is 2. The highest BCUT2D eigenvalue weighted by Gasteiger charge is 2.27. The van der Waals surface area contributed by atoms with Gasteiger partial charge in [-0.25, -0.2) is 9.37 Å². The number of pyridine rings is 1. The first-order valence-corrected chi connectivity index (χ1v) is 9.48. The number of hydrogen-bond donors (Lipinski definition) is 2. The van der Waals surface area contributed by atoms with Gasteiger partial charge in [-0.2, -0.15) is 0 Å². The summed E-state index contributed by atoms with van der Waals surface area (Å²) in [7, 11) is 0. The van der Waals surface area contributed by atoms with Crippen molar-refractivity contribution in [3.63, 3.8) is 0 Å². The van der Waals surface area contributed by atoms with Crippen molar-refractivity contribution in [1.29, 1.82) is 0 Å². The zero-order chi connectivity index (χ0) is 20.1. The minimum absolute atomic E-state index is 0.0634. The topological polar surface area (TPSA) is 94.3 Å². The third kappa shape index (κ3) is 5.28. The van der Waals surface area contributed by atoms with Gasteiger partial charge in [-0.3, -0.25) is 9.59 Å². The summed E-state index contributed by atoms with van der Waals surface area (Å²) < 4.78 is 19.0. The molecular weight excluding hydrogens is 361 g/mol. The van der Waals surface area contributed by atoms with Gasteiger partial charge in [0.15, 0.2) is 11.4 Å². The Bertz CT molecular complexity index is 850. The molecule has 0 aliphatic heterocycles. The predicted molar refractivity (Wildman–Crippen MR) is 103 cm³/mol. The number of hydrogen-bond acceptors (Lipinski definition) is 4. The first-order chi connectivity index (χ1) is 13.5. The second-order valence-electron chi connectivity index (χ2n) is 7.08. The number of rotatable bonds is 9. The normalized spacial score (nSPS) is 14.4. The SMILES string of the molecule is CCC[C@@H](CC(N)=O)NC(=O)c1ncc(C2CC2)cc1Oc1ccc(F)cc1. The standard InChI is InChI=1S/C21H24FN3O3/c1-2-3-16(11-19(23)26)25-21(27)20-18(10-14(12-24-20)13-4-5-13)28-17-8-6-15(22)7-9-17/h6-10,12-13,16H,2-5,11H2,1H3,(H2,23,26)(H,25,27)/t16-/m0/s1. The third-order valence-corrected chi connectivity index (χ3v) is 4.60. The molecule has 1 fully saturated rings. The van der Waals surface area contributed by atoms with E-state index in [1.807, 2.05) is 13.0 Å². The largest absolute Gasteiger partial charge is 0.455 e. The molecule has 1 heterocycles. The molecule has 0 spiro atoms. The Morgan fingerprint density at radius 2 is 2.04 bits per heavy atom. The third-order valence-electron chi connectivity index (χ3n) is 4.60. The summed E-state index contributed by atoms with van der Waals surface area (Å²) in [6, 6.07) is 7.01. The molecule has 1 saturated carbocycles. The van der Waals surface area contributed by atoms with Crippen LogP contribution in [0.4, 0.5) is 4.39 Å². The molecule has 2 aromatic rings. The molecule has 1 atom stereocenters. The lowest BCUT2D eigenvalue weighted by molar-refractivity contribution is -0.118. The fourth-order valence-corrected chi connectivity index (χ4v) is 3.05. The maximum Gasteiger partial charge on any atom is 0.273 e. The molecule has 0 saturated heterocycles. The van der Waals surface area contributed by atoms with Crippen LogP contribution in [-0.4, -0.2) is 22.8 Å². The van der Waals surface area contributed by atoms with Crippen LogP contribution in [0.15, 0.2) is 36.5 Å². The van der Waals surface area contributed by atoms with Crippen molar-refractivity contribution < 1.29 is 18.7 Å². The van der Waals surface area contributed by atoms with Gasteiger partial charge in [0.2, 0.25) is 5.91 Å². The zero-order valence-electron chi connectivity index (χ0n) is 15.8. The van der Waals surface area contributed by atoms with E-state index in [-0.39, 0.29) is 24.0 Å². The second kappa shape index (κ2) is 8.82. The minimum atomic E-state index is -0.474. The van der Waals surface area contributed by atoms with E-state index in [1.165, 1.54) is 24.3 Å². The molecule has 28 heavy (non-hydrogen) atoms. The highest BCUT2D eigenvalue weighted by atomic mass is 19.1. The number of halogens is 1. The number of carbonyl (C=O) groups is 2. The van der Waals surface area contributed by atoms with Crippen LogP contribution in [0.5, 0.6) is 11.5 Å². The Labute approximate surface area is 163 Å². The summed E-state index contributed by atoms with van der Waals surface area (Å²) in [4.78, 5) is 28.4. The molecule has 1 aliphatic rings. The van der Waals surface area contributed by atoms with Crippen LogP contribution in [0.1, 0.15) is 61.0 Å². The lowest BCUT2D eigenvalue weighted by Crippen LogP contribution is -2.38. The van der Waals surface area contributed by atoms with Crippen LogP contribution < -0.4 is 15.8 Å². The fraction of sp³-hybridized carbons (Fsp3) is 0.381. The van der Waals surface area contributed by atoms with Crippen LogP contribution in [0.2, 0.25) is 0 Å². The van der Waals surface area contributed by atoms with Crippen molar-refractivity contribution in [2.45, 2.75) is 51.0 Å². The van der Waals surface area contributed by atoms with E-state index in [0.717, 1.165) is 24.8 Å². The summed E-state index contributed by atoms with van der Waals surface area (Å²) in [6.07, 6.45) is 5.34. The molecule has 2 amide bonds. The number of nitrogens with one attached hydrogen (secondary N) is 1. The lowest BCUT2D eigenvalue weighted by Gasteiger charge is -2.18. The van der Waals surface area contributed by atoms with E-state index in [4.69, 9.17) is 10.5 Å². The highest BCUT2D eigenvalue weighted by molar-refractivity contribution is 5.95. The first kappa shape index (κ1) is 19.8. The molecule has 148 valence electrons. The van der Waals surface area contributed by atoms with E-state index in [0.29, 0.717) is 23.8 Å². The van der Waals surface area contributed by atoms with Crippen molar-refractivity contribution in [2.24, 2.45) is 5.73 Å². The number of aromatic nitrogens is 1. The molecule has 0 unspecified atom stereocenters. The molecular formula is C21H24FN3O3. The summed E-state index contributed by atoms with van der Waals surface area (Å²) in [5.74, 6) is -0.125. The van der Waals surface area contributed by atoms with Crippen molar-refractivity contribution in [3.8, 4) is 11.5 Å². The number of ether oxygens (including phenoxy) is 1. The zero-order valence-corrected chi connectivity index (χ0v) is 15.8. The van der Waals surface area contributed by atoms with Crippen molar-refractivity contribution >= 4 is 11.8 Å². The maximum atomic E-state index is 13.2. The summed E-state index contributed by atoms with van der Waals surface area (Å²) >= 11 is 0. The average molecular weight is 385 g/mol. The molecule has 6 nitrogen and oxygen atoms in total. The van der Waals surface area contributed by atoms with Crippen LogP contribution >= 0.6 is 0 Å². The van der Waals surface area contributed by atoms with Crippen LogP contribution in [0, 0.1) is 5.82 Å². The van der Waals surface area contributed by atoms with Gasteiger partial charge in [0.25, 0.3) is 5.91 Å². The molecule has 3 N–H and O–H groups in total. The highest BCUT2D eigenvalue weighted by Crippen LogP contribution is 2.41. The minimum Gasteiger partial charge on any atom is -0.455 e. The Morgan fingerprint density at radius 1 is 1.32 bits per heavy atom. The average Bonchev–Trinajstić information content (AvgIpc) is 3.48. The summed E-state index contributed by atoms with van der Waals surface area (Å²) in [6.45, 7) is 1.96. The predicted octanol–water partition coefficient (Wildman–Crippen LogP) is 3.66. The van der Waals surface area contributed by atoms with Gasteiger partial charge >= 0.3 is 0 Å². The molecule has 1 aromatic carbocycles. The number of nitrogens with two attached hydrogens (primary N) is 1. The quantitative estimate of drug-likeness (QED) is 0.689. The maximum absolute atomic E-state index is 13.2. The summed E-state index contributed by atoms with van der Waals surface area (Å²) in [5, 5.41) is 2.82. The number of carbonyl (C=O) groups excluding carboxylic acids is 2. The number of benzene rings is 1. The molecule has 0 radical (unpaired) electrons. The Kier molecular flexibility index (Phi) is 6.23. The first-order valence-electron chi connectivity index (χ1n) is 9.48. The smallest absolute Gasteiger partial charge is 0.273 e. The van der Waals surface area contributed by atoms with Crippen molar-refractivity contribution in [1.82, 2.24) is 10.3 Å². The van der Waals surface area contributed by atoms with E-state index in [2.05, 4.69) is 10.3 Å². The number of primary amides is 1. The monoisotopic (exact) mass is 385 g/mol. The lowest BCUT2D eigenvalue weighted by atomic mass is 10.1. The fourth-order valence-electron chi connectivity index (χ4n) is 3.05. The van der Waals surface area contributed by atoms with E-state index >= 15 is 0 Å². The van der Waals surface area contributed by atoms with Gasteiger partial charge in [0, 0.05) is 18.7 Å². The number of nitrogens with zero attached hydrogens (tertiary/aromatic N) is 1.